The molecule has 5 rings (SSSR count). The van der Waals surface area contributed by atoms with Crippen LogP contribution in [-0.2, 0) is 16.9 Å². The first-order valence-electron chi connectivity index (χ1n) is 9.16. The Kier molecular flexibility index (Phi) is 5.45. The van der Waals surface area contributed by atoms with E-state index in [-0.39, 0.29) is 5.41 Å². The number of piperidine rings is 1. The van der Waals surface area contributed by atoms with Gasteiger partial charge in [-0.3, -0.25) is 18.8 Å². The molecule has 4 heterocycles. The lowest BCUT2D eigenvalue weighted by molar-refractivity contribution is 0.0466. The van der Waals surface area contributed by atoms with E-state index in [9.17, 15) is 4.79 Å². The van der Waals surface area contributed by atoms with E-state index in [1.165, 1.54) is 10.9 Å². The van der Waals surface area contributed by atoms with Crippen LogP contribution in [0.15, 0.2) is 24.3 Å². The van der Waals surface area contributed by atoms with E-state index in [0.29, 0.717) is 11.7 Å². The number of H-pyrrole nitrogens is 1. The Labute approximate surface area is 159 Å². The van der Waals surface area contributed by atoms with Gasteiger partial charge in [-0.25, -0.2) is 0 Å². The fourth-order valence-electron chi connectivity index (χ4n) is 4.49. The van der Waals surface area contributed by atoms with Gasteiger partial charge in [0.25, 0.3) is 0 Å². The molecule has 0 radical (unpaired) electrons. The molecule has 7 nitrogen and oxygen atoms in total. The zero-order valence-corrected chi connectivity index (χ0v) is 16.4. The molecule has 3 aliphatic heterocycles. The molecule has 0 spiro atoms. The molecule has 3 aliphatic rings. The molecule has 0 saturated carbocycles. The van der Waals surface area contributed by atoms with Crippen molar-refractivity contribution in [3.05, 3.63) is 35.5 Å². The van der Waals surface area contributed by atoms with Crippen molar-refractivity contribution in [1.82, 2.24) is 9.88 Å². The summed E-state index contributed by atoms with van der Waals surface area (Å²) in [5.41, 5.74) is 3.04. The highest BCUT2D eigenvalue weighted by Crippen LogP contribution is 2.44. The van der Waals surface area contributed by atoms with Crippen molar-refractivity contribution in [3.63, 3.8) is 0 Å². The smallest absolute Gasteiger partial charge is 0.352 e. The van der Waals surface area contributed by atoms with Crippen molar-refractivity contribution in [3.8, 4) is 0 Å². The number of Topliss-reactive ketones (excluding diaryl/α,β-unsaturated/α-hetero) is 1. The van der Waals surface area contributed by atoms with E-state index in [1.807, 2.05) is 6.07 Å². The second-order valence-corrected chi connectivity index (χ2v) is 8.85. The van der Waals surface area contributed by atoms with Crippen LogP contribution < -0.4 is 0 Å². The average molecular weight is 394 g/mol. The highest BCUT2D eigenvalue weighted by atomic mass is 32.3. The molecule has 0 amide bonds. The number of rotatable bonds is 2. The van der Waals surface area contributed by atoms with Gasteiger partial charge in [0.15, 0.2) is 5.78 Å². The van der Waals surface area contributed by atoms with Gasteiger partial charge in [0.2, 0.25) is 0 Å². The molecule has 1 saturated heterocycles. The van der Waals surface area contributed by atoms with Crippen molar-refractivity contribution in [2.24, 2.45) is 11.3 Å². The largest absolute Gasteiger partial charge is 0.394 e. The number of fused-ring (bicyclic) bond motifs is 3. The molecule has 8 heteroatoms. The van der Waals surface area contributed by atoms with Gasteiger partial charge in [-0.2, -0.15) is 8.42 Å². The van der Waals surface area contributed by atoms with Gasteiger partial charge < -0.3 is 4.98 Å². The predicted molar refractivity (Wildman–Crippen MR) is 103 cm³/mol. The summed E-state index contributed by atoms with van der Waals surface area (Å²) in [4.78, 5) is 19.4. The summed E-state index contributed by atoms with van der Waals surface area (Å²) in [6, 6.07) is 8.33. The highest BCUT2D eigenvalue weighted by molar-refractivity contribution is 7.79. The minimum Gasteiger partial charge on any atom is -0.352 e. The number of aromatic amines is 1. The number of nitrogens with one attached hydrogen (secondary N) is 1. The van der Waals surface area contributed by atoms with Crippen LogP contribution in [0.25, 0.3) is 10.9 Å². The Morgan fingerprint density at radius 3 is 2.37 bits per heavy atom. The number of carbonyl (C=O) groups excluding carboxylic acids is 1. The average Bonchev–Trinajstić information content (AvgIpc) is 2.91. The molecule has 148 valence electrons. The molecule has 2 bridgehead atoms. The van der Waals surface area contributed by atoms with Crippen molar-refractivity contribution in [1.29, 1.82) is 0 Å². The molecule has 0 aliphatic carbocycles. The highest BCUT2D eigenvalue weighted by Gasteiger charge is 2.45. The first-order chi connectivity index (χ1) is 12.6. The fourth-order valence-corrected chi connectivity index (χ4v) is 4.49. The van der Waals surface area contributed by atoms with E-state index in [4.69, 9.17) is 17.5 Å². The summed E-state index contributed by atoms with van der Waals surface area (Å²) in [5, 5.41) is 1.22. The Hall–Kier alpha value is -1.74. The molecule has 1 aromatic carbocycles. The summed E-state index contributed by atoms with van der Waals surface area (Å²) in [7, 11) is -4.67. The number of carbonyl (C=O) groups is 1. The summed E-state index contributed by atoms with van der Waals surface area (Å²) in [6.45, 7) is 7.48. The van der Waals surface area contributed by atoms with Gasteiger partial charge in [-0.05, 0) is 44.3 Å². The summed E-state index contributed by atoms with van der Waals surface area (Å²) in [6.07, 6.45) is 3.03. The van der Waals surface area contributed by atoms with Crippen LogP contribution in [0.5, 0.6) is 0 Å². The Morgan fingerprint density at radius 1 is 1.19 bits per heavy atom. The molecular formula is C19H26N2O5S. The maximum atomic E-state index is 13.4. The van der Waals surface area contributed by atoms with Crippen LogP contribution in [0, 0.1) is 11.3 Å². The first kappa shape index (κ1) is 20.0. The SMILES string of the molecule is CC(C)CC12CCN(CC1)Cc1c([nH]c3ccccc13)C2=O.O=S(=O)(O)O. The second kappa shape index (κ2) is 7.35. The lowest BCUT2D eigenvalue weighted by Gasteiger charge is -2.43. The lowest BCUT2D eigenvalue weighted by atomic mass is 9.67. The minimum absolute atomic E-state index is 0.152. The Balaban J connectivity index is 0.000000376. The van der Waals surface area contributed by atoms with Crippen molar-refractivity contribution in [2.75, 3.05) is 13.1 Å². The molecular weight excluding hydrogens is 368 g/mol. The van der Waals surface area contributed by atoms with E-state index >= 15 is 0 Å². The number of nitrogens with zero attached hydrogens (tertiary/aromatic N) is 1. The maximum absolute atomic E-state index is 13.4. The third-order valence-electron chi connectivity index (χ3n) is 5.52. The monoisotopic (exact) mass is 394 g/mol. The number of aromatic nitrogens is 1. The van der Waals surface area contributed by atoms with Crippen molar-refractivity contribution in [2.45, 2.75) is 39.7 Å². The van der Waals surface area contributed by atoms with Gasteiger partial charge in [0.1, 0.15) is 0 Å². The van der Waals surface area contributed by atoms with Crippen LogP contribution in [0.3, 0.4) is 0 Å². The van der Waals surface area contributed by atoms with E-state index in [0.717, 1.165) is 50.1 Å². The molecule has 0 atom stereocenters. The molecule has 2 aromatic rings. The Morgan fingerprint density at radius 2 is 1.78 bits per heavy atom. The molecule has 3 N–H and O–H groups in total. The van der Waals surface area contributed by atoms with Gasteiger partial charge >= 0.3 is 10.4 Å². The standard InChI is InChI=1S/C19H24N2O.H2O4S/c1-13(2)11-19-7-9-21(10-8-19)12-15-14-5-3-4-6-16(14)20-17(15)18(19)22;1-5(2,3)4/h3-6,13,20H,7-12H2,1-2H3;(H2,1,2,3,4). The predicted octanol–water partition coefficient (Wildman–Crippen LogP) is 3.34. The lowest BCUT2D eigenvalue weighted by Crippen LogP contribution is -2.47. The Bertz CT molecular complexity index is 932. The maximum Gasteiger partial charge on any atom is 0.394 e. The minimum atomic E-state index is -4.67. The van der Waals surface area contributed by atoms with E-state index in [1.54, 1.807) is 0 Å². The number of ketones is 1. The van der Waals surface area contributed by atoms with Crippen LogP contribution in [0.2, 0.25) is 0 Å². The third kappa shape index (κ3) is 4.40. The van der Waals surface area contributed by atoms with E-state index < -0.39 is 10.4 Å². The van der Waals surface area contributed by atoms with Crippen LogP contribution in [-0.4, -0.2) is 46.3 Å². The normalized spacial score (nSPS) is 24.9. The van der Waals surface area contributed by atoms with Gasteiger partial charge in [0.05, 0.1) is 5.69 Å². The van der Waals surface area contributed by atoms with Gasteiger partial charge in [-0.15, -0.1) is 0 Å². The zero-order chi connectivity index (χ0) is 19.8. The van der Waals surface area contributed by atoms with Gasteiger partial charge in [0, 0.05) is 28.4 Å². The summed E-state index contributed by atoms with van der Waals surface area (Å²) in [5.74, 6) is 0.925. The van der Waals surface area contributed by atoms with Crippen LogP contribution in [0.4, 0.5) is 0 Å². The van der Waals surface area contributed by atoms with Crippen LogP contribution >= 0.6 is 0 Å². The topological polar surface area (TPSA) is 111 Å². The number of benzene rings is 1. The number of para-hydroxylation sites is 1. The fraction of sp³-hybridized carbons (Fsp3) is 0.526. The third-order valence-corrected chi connectivity index (χ3v) is 5.52. The van der Waals surface area contributed by atoms with Crippen molar-refractivity contribution < 1.29 is 22.3 Å². The van der Waals surface area contributed by atoms with Gasteiger partial charge in [-0.1, -0.05) is 32.0 Å². The zero-order valence-electron chi connectivity index (χ0n) is 15.6. The second-order valence-electron chi connectivity index (χ2n) is 7.96. The molecule has 27 heavy (non-hydrogen) atoms. The first-order valence-corrected chi connectivity index (χ1v) is 10.6. The summed E-state index contributed by atoms with van der Waals surface area (Å²) < 4.78 is 31.6. The summed E-state index contributed by atoms with van der Waals surface area (Å²) >= 11 is 0. The number of hydrogen-bond donors (Lipinski definition) is 3. The van der Waals surface area contributed by atoms with E-state index in [2.05, 4.69) is 41.9 Å². The number of hydrogen-bond acceptors (Lipinski definition) is 4. The molecule has 0 unspecified atom stereocenters. The van der Waals surface area contributed by atoms with Crippen LogP contribution in [0.1, 0.15) is 49.2 Å². The quantitative estimate of drug-likeness (QED) is 0.674. The van der Waals surface area contributed by atoms with Crippen molar-refractivity contribution >= 4 is 27.1 Å². The molecule has 1 aromatic heterocycles. The molecule has 1 fully saturated rings.